The number of rotatable bonds is 4. The number of nitrogens with one attached hydrogen (secondary N) is 1. The van der Waals surface area contributed by atoms with Crippen LogP contribution < -0.4 is 5.56 Å². The van der Waals surface area contributed by atoms with Crippen LogP contribution in [-0.2, 0) is 17.6 Å². The number of H-pyrrole nitrogens is 1. The van der Waals surface area contributed by atoms with E-state index in [-0.39, 0.29) is 23.9 Å². The van der Waals surface area contributed by atoms with Gasteiger partial charge in [-0.1, -0.05) is 17.2 Å². The summed E-state index contributed by atoms with van der Waals surface area (Å²) in [6.07, 6.45) is 2.60. The standard InChI is InChI=1S/C17H20N6O3/c1-3-11-7-17(25)23-15(18-11)8-13(19-23)14-5-4-6-22(14)16(24)9-12-10(2)20-26-21-12/h7-8,14,19H,3-6,9H2,1-2H3/t14-/m1/s1. The summed E-state index contributed by atoms with van der Waals surface area (Å²) in [6.45, 7) is 4.40. The molecule has 26 heavy (non-hydrogen) atoms. The number of aromatic amines is 1. The highest BCUT2D eigenvalue weighted by Gasteiger charge is 2.32. The number of amides is 1. The Bertz CT molecular complexity index is 1020. The molecule has 0 saturated carbocycles. The minimum Gasteiger partial charge on any atom is -0.334 e. The predicted octanol–water partition coefficient (Wildman–Crippen LogP) is 1.18. The van der Waals surface area contributed by atoms with Gasteiger partial charge >= 0.3 is 0 Å². The van der Waals surface area contributed by atoms with Gasteiger partial charge in [-0.05, 0) is 26.2 Å². The van der Waals surface area contributed by atoms with Crippen LogP contribution in [0.3, 0.4) is 0 Å². The molecule has 0 spiro atoms. The van der Waals surface area contributed by atoms with Gasteiger partial charge in [-0.3, -0.25) is 14.7 Å². The molecule has 9 nitrogen and oxygen atoms in total. The van der Waals surface area contributed by atoms with Gasteiger partial charge in [-0.25, -0.2) is 14.1 Å². The normalized spacial score (nSPS) is 17.3. The summed E-state index contributed by atoms with van der Waals surface area (Å²) in [5, 5.41) is 10.6. The van der Waals surface area contributed by atoms with Crippen LogP contribution in [0.5, 0.6) is 0 Å². The first-order valence-corrected chi connectivity index (χ1v) is 8.76. The minimum absolute atomic E-state index is 0.0282. The highest BCUT2D eigenvalue weighted by atomic mass is 16.6. The number of likely N-dealkylation sites (tertiary alicyclic amines) is 1. The molecule has 3 aromatic heterocycles. The van der Waals surface area contributed by atoms with E-state index < -0.39 is 0 Å². The topological polar surface area (TPSA) is 109 Å². The maximum Gasteiger partial charge on any atom is 0.272 e. The number of carbonyl (C=O) groups excluding carboxylic acids is 1. The van der Waals surface area contributed by atoms with Gasteiger partial charge in [0.1, 0.15) is 11.4 Å². The lowest BCUT2D eigenvalue weighted by Gasteiger charge is -2.23. The number of hydrogen-bond donors (Lipinski definition) is 1. The van der Waals surface area contributed by atoms with Crippen LogP contribution in [0.4, 0.5) is 0 Å². The molecule has 1 aliphatic heterocycles. The van der Waals surface area contributed by atoms with E-state index in [1.165, 1.54) is 10.6 Å². The van der Waals surface area contributed by atoms with E-state index in [9.17, 15) is 9.59 Å². The lowest BCUT2D eigenvalue weighted by molar-refractivity contribution is -0.131. The van der Waals surface area contributed by atoms with E-state index in [1.807, 2.05) is 17.9 Å². The first-order valence-electron chi connectivity index (χ1n) is 8.76. The zero-order valence-electron chi connectivity index (χ0n) is 14.7. The van der Waals surface area contributed by atoms with E-state index in [1.54, 1.807) is 6.92 Å². The van der Waals surface area contributed by atoms with Gasteiger partial charge in [0.2, 0.25) is 5.91 Å². The monoisotopic (exact) mass is 356 g/mol. The molecule has 0 unspecified atom stereocenters. The lowest BCUT2D eigenvalue weighted by atomic mass is 10.1. The summed E-state index contributed by atoms with van der Waals surface area (Å²) >= 11 is 0. The van der Waals surface area contributed by atoms with Gasteiger partial charge in [0.15, 0.2) is 5.65 Å². The molecule has 1 amide bonds. The molecule has 3 aromatic rings. The first-order chi connectivity index (χ1) is 12.6. The smallest absolute Gasteiger partial charge is 0.272 e. The van der Waals surface area contributed by atoms with Crippen LogP contribution in [0.25, 0.3) is 5.65 Å². The third kappa shape index (κ3) is 2.79. The molecule has 1 aliphatic rings. The number of carbonyl (C=O) groups is 1. The van der Waals surface area contributed by atoms with Crippen LogP contribution in [-0.4, -0.2) is 42.3 Å². The number of hydrogen-bond acceptors (Lipinski definition) is 6. The fraction of sp³-hybridized carbons (Fsp3) is 0.471. The molecular formula is C17H20N6O3. The molecule has 9 heteroatoms. The van der Waals surface area contributed by atoms with Gasteiger partial charge in [0, 0.05) is 24.4 Å². The molecule has 4 heterocycles. The van der Waals surface area contributed by atoms with E-state index in [0.29, 0.717) is 30.0 Å². The minimum atomic E-state index is -0.140. The number of aryl methyl sites for hydroxylation is 2. The summed E-state index contributed by atoms with van der Waals surface area (Å²) in [6, 6.07) is 3.29. The molecule has 136 valence electrons. The fourth-order valence-electron chi connectivity index (χ4n) is 3.45. The molecular weight excluding hydrogens is 336 g/mol. The van der Waals surface area contributed by atoms with Crippen molar-refractivity contribution < 1.29 is 9.42 Å². The first kappa shape index (κ1) is 16.5. The Morgan fingerprint density at radius 1 is 1.38 bits per heavy atom. The average molecular weight is 356 g/mol. The molecule has 0 radical (unpaired) electrons. The highest BCUT2D eigenvalue weighted by molar-refractivity contribution is 5.79. The maximum atomic E-state index is 12.7. The van der Waals surface area contributed by atoms with Crippen LogP contribution in [0.2, 0.25) is 0 Å². The van der Waals surface area contributed by atoms with Crippen LogP contribution in [0, 0.1) is 6.92 Å². The van der Waals surface area contributed by atoms with Gasteiger partial charge in [-0.2, -0.15) is 0 Å². The quantitative estimate of drug-likeness (QED) is 0.752. The van der Waals surface area contributed by atoms with Crippen molar-refractivity contribution in [3.05, 3.63) is 45.3 Å². The maximum absolute atomic E-state index is 12.7. The van der Waals surface area contributed by atoms with E-state index in [2.05, 4.69) is 25.0 Å². The van der Waals surface area contributed by atoms with Crippen molar-refractivity contribution in [2.24, 2.45) is 0 Å². The fourth-order valence-corrected chi connectivity index (χ4v) is 3.45. The number of fused-ring (bicyclic) bond motifs is 1. The summed E-state index contributed by atoms with van der Waals surface area (Å²) in [7, 11) is 0. The SMILES string of the molecule is CCc1cc(=O)n2[nH]c([C@H]3CCCN3C(=O)Cc3nonc3C)cc2n1. The Morgan fingerprint density at radius 2 is 2.23 bits per heavy atom. The molecule has 1 N–H and O–H groups in total. The van der Waals surface area contributed by atoms with E-state index in [0.717, 1.165) is 24.2 Å². The van der Waals surface area contributed by atoms with Gasteiger partial charge in [0.25, 0.3) is 5.56 Å². The third-order valence-corrected chi connectivity index (χ3v) is 4.88. The summed E-state index contributed by atoms with van der Waals surface area (Å²) in [5.74, 6) is -0.0282. The van der Waals surface area contributed by atoms with Crippen molar-refractivity contribution in [1.82, 2.24) is 29.8 Å². The van der Waals surface area contributed by atoms with Crippen molar-refractivity contribution in [1.29, 1.82) is 0 Å². The Balaban J connectivity index is 1.63. The Labute approximate surface area is 149 Å². The summed E-state index contributed by atoms with van der Waals surface area (Å²) in [4.78, 5) is 31.3. The van der Waals surface area contributed by atoms with Crippen molar-refractivity contribution in [2.75, 3.05) is 6.54 Å². The Morgan fingerprint density at radius 3 is 2.96 bits per heavy atom. The second-order valence-electron chi connectivity index (χ2n) is 6.56. The second kappa shape index (κ2) is 6.40. The Hall–Kier alpha value is -2.97. The van der Waals surface area contributed by atoms with Gasteiger partial charge < -0.3 is 4.90 Å². The zero-order valence-corrected chi connectivity index (χ0v) is 14.7. The summed E-state index contributed by atoms with van der Waals surface area (Å²) < 4.78 is 6.10. The molecule has 1 atom stereocenters. The molecule has 0 aliphatic carbocycles. The number of nitrogens with zero attached hydrogens (tertiary/aromatic N) is 5. The highest BCUT2D eigenvalue weighted by Crippen LogP contribution is 2.31. The largest absolute Gasteiger partial charge is 0.334 e. The average Bonchev–Trinajstić information content (AvgIpc) is 3.34. The Kier molecular flexibility index (Phi) is 4.06. The zero-order chi connectivity index (χ0) is 18.3. The lowest BCUT2D eigenvalue weighted by Crippen LogP contribution is -2.32. The van der Waals surface area contributed by atoms with Crippen LogP contribution >= 0.6 is 0 Å². The molecule has 4 rings (SSSR count). The van der Waals surface area contributed by atoms with E-state index in [4.69, 9.17) is 0 Å². The summed E-state index contributed by atoms with van der Waals surface area (Å²) in [5.41, 5.74) is 3.21. The second-order valence-corrected chi connectivity index (χ2v) is 6.56. The van der Waals surface area contributed by atoms with Crippen molar-refractivity contribution in [3.63, 3.8) is 0 Å². The van der Waals surface area contributed by atoms with E-state index >= 15 is 0 Å². The van der Waals surface area contributed by atoms with Crippen LogP contribution in [0.1, 0.15) is 48.6 Å². The van der Waals surface area contributed by atoms with Gasteiger partial charge in [-0.15, -0.1) is 0 Å². The van der Waals surface area contributed by atoms with Crippen LogP contribution in [0.15, 0.2) is 21.6 Å². The molecule has 1 saturated heterocycles. The molecule has 0 bridgehead atoms. The number of aromatic nitrogens is 5. The van der Waals surface area contributed by atoms with Crippen molar-refractivity contribution in [2.45, 2.75) is 45.6 Å². The third-order valence-electron chi connectivity index (χ3n) is 4.88. The molecule has 1 fully saturated rings. The van der Waals surface area contributed by atoms with Gasteiger partial charge in [0.05, 0.1) is 18.2 Å². The predicted molar refractivity (Wildman–Crippen MR) is 91.6 cm³/mol. The van der Waals surface area contributed by atoms with Crippen molar-refractivity contribution >= 4 is 11.6 Å². The molecule has 0 aromatic carbocycles. The van der Waals surface area contributed by atoms with Crippen molar-refractivity contribution in [3.8, 4) is 0 Å².